The second-order valence-electron chi connectivity index (χ2n) is 5.42. The van der Waals surface area contributed by atoms with Crippen LogP contribution in [-0.2, 0) is 52.5 Å². The van der Waals surface area contributed by atoms with E-state index in [0.717, 1.165) is 34.6 Å². The lowest BCUT2D eigenvalue weighted by atomic mass is 10.0. The van der Waals surface area contributed by atoms with Gasteiger partial charge in [-0.1, -0.05) is 0 Å². The fourth-order valence-electron chi connectivity index (χ4n) is 2.09. The summed E-state index contributed by atoms with van der Waals surface area (Å²) >= 11 is 0. The maximum absolute atomic E-state index is 12.2. The van der Waals surface area contributed by atoms with Crippen LogP contribution in [0.25, 0.3) is 0 Å². The van der Waals surface area contributed by atoms with Gasteiger partial charge in [-0.15, -0.1) is 0 Å². The van der Waals surface area contributed by atoms with Crippen LogP contribution < -0.4 is 0 Å². The van der Waals surface area contributed by atoms with Gasteiger partial charge in [-0.2, -0.15) is 0 Å². The number of carbonyl (C=O) groups excluding carboxylic acids is 6. The fourth-order valence-corrected chi connectivity index (χ4v) is 2.09. The van der Waals surface area contributed by atoms with Gasteiger partial charge in [-0.3, -0.25) is 24.0 Å². The van der Waals surface area contributed by atoms with E-state index in [4.69, 9.17) is 18.9 Å². The lowest BCUT2D eigenvalue weighted by Crippen LogP contribution is -2.55. The second-order valence-corrected chi connectivity index (χ2v) is 5.42. The Bertz CT molecular complexity index is 625. The molecule has 0 aliphatic heterocycles. The van der Waals surface area contributed by atoms with Crippen molar-refractivity contribution in [3.05, 3.63) is 0 Å². The zero-order valence-corrected chi connectivity index (χ0v) is 16.0. The first-order chi connectivity index (χ1) is 12.9. The Morgan fingerprint density at radius 3 is 1.43 bits per heavy atom. The van der Waals surface area contributed by atoms with E-state index in [1.165, 1.54) is 0 Å². The minimum Gasteiger partial charge on any atom is -0.456 e. The maximum Gasteiger partial charge on any atom is 0.359 e. The van der Waals surface area contributed by atoms with Crippen molar-refractivity contribution in [2.45, 2.75) is 59.0 Å². The summed E-state index contributed by atoms with van der Waals surface area (Å²) in [5, 5.41) is 9.50. The molecule has 0 aromatic heterocycles. The molecule has 158 valence electrons. The molecule has 0 rings (SSSR count). The summed E-state index contributed by atoms with van der Waals surface area (Å²) in [6.07, 6.45) is -7.36. The maximum atomic E-state index is 12.2. The first kappa shape index (κ1) is 25.0. The summed E-state index contributed by atoms with van der Waals surface area (Å²) in [6.45, 7) is 3.76. The monoisotopic (exact) mass is 406 g/mol. The third-order valence-corrected chi connectivity index (χ3v) is 2.86. The molecular formula is C16H22O12. The van der Waals surface area contributed by atoms with Crippen LogP contribution in [0.4, 0.5) is 0 Å². The molecule has 0 unspecified atom stereocenters. The highest BCUT2D eigenvalue weighted by Gasteiger charge is 2.47. The van der Waals surface area contributed by atoms with Gasteiger partial charge in [0, 0.05) is 34.6 Å². The van der Waals surface area contributed by atoms with Crippen molar-refractivity contribution < 1.29 is 57.6 Å². The van der Waals surface area contributed by atoms with E-state index in [0.29, 0.717) is 0 Å². The van der Waals surface area contributed by atoms with Gasteiger partial charge in [-0.05, 0) is 0 Å². The predicted molar refractivity (Wildman–Crippen MR) is 86.1 cm³/mol. The molecule has 0 radical (unpaired) electrons. The van der Waals surface area contributed by atoms with Crippen LogP contribution in [-0.4, -0.2) is 71.9 Å². The molecule has 0 aromatic rings. The van der Waals surface area contributed by atoms with Crippen molar-refractivity contribution >= 4 is 35.8 Å². The predicted octanol–water partition coefficient (Wildman–Crippen LogP) is -1.20. The van der Waals surface area contributed by atoms with Gasteiger partial charge in [0.05, 0.1) is 6.61 Å². The van der Waals surface area contributed by atoms with Crippen molar-refractivity contribution in [1.82, 2.24) is 0 Å². The van der Waals surface area contributed by atoms with Gasteiger partial charge in [-0.25, -0.2) is 4.79 Å². The number of hydrogen-bond acceptors (Lipinski definition) is 12. The van der Waals surface area contributed by atoms with E-state index in [9.17, 15) is 33.9 Å². The molecule has 0 fully saturated rings. The summed E-state index contributed by atoms with van der Waals surface area (Å²) < 4.78 is 23.9. The molecule has 4 atom stereocenters. The molecule has 0 heterocycles. The molecule has 28 heavy (non-hydrogen) atoms. The Kier molecular flexibility index (Phi) is 10.4. The van der Waals surface area contributed by atoms with Crippen molar-refractivity contribution in [2.75, 3.05) is 6.61 Å². The van der Waals surface area contributed by atoms with Crippen LogP contribution in [0.5, 0.6) is 0 Å². The highest BCUT2D eigenvalue weighted by atomic mass is 16.7. The molecule has 12 nitrogen and oxygen atoms in total. The summed E-state index contributed by atoms with van der Waals surface area (Å²) in [5.74, 6) is -6.40. The van der Waals surface area contributed by atoms with Crippen molar-refractivity contribution in [3.8, 4) is 0 Å². The molecule has 1 N–H and O–H groups in total. The zero-order valence-electron chi connectivity index (χ0n) is 16.0. The summed E-state index contributed by atoms with van der Waals surface area (Å²) in [5.41, 5.74) is 0. The summed E-state index contributed by atoms with van der Waals surface area (Å²) in [7, 11) is 0. The smallest absolute Gasteiger partial charge is 0.359 e. The number of carbonyl (C=O) groups is 6. The third-order valence-electron chi connectivity index (χ3n) is 2.86. The van der Waals surface area contributed by atoms with Gasteiger partial charge >= 0.3 is 35.8 Å². The molecule has 0 aromatic carbocycles. The largest absolute Gasteiger partial charge is 0.456 e. The topological polar surface area (TPSA) is 169 Å². The van der Waals surface area contributed by atoms with Crippen molar-refractivity contribution in [3.63, 3.8) is 0 Å². The normalized spacial score (nSPS) is 14.5. The Morgan fingerprint density at radius 1 is 0.643 bits per heavy atom. The van der Waals surface area contributed by atoms with Crippen molar-refractivity contribution in [2.24, 2.45) is 0 Å². The molecule has 0 bridgehead atoms. The third kappa shape index (κ3) is 9.07. The fraction of sp³-hybridized carbons (Fsp3) is 0.625. The number of rotatable bonds is 9. The van der Waals surface area contributed by atoms with E-state index in [-0.39, 0.29) is 0 Å². The number of esters is 6. The van der Waals surface area contributed by atoms with E-state index in [1.807, 2.05) is 0 Å². The molecule has 0 aliphatic carbocycles. The molecule has 12 heteroatoms. The summed E-state index contributed by atoms with van der Waals surface area (Å²) in [4.78, 5) is 69.0. The molecule has 0 saturated carbocycles. The number of hydrogen-bond donors (Lipinski definition) is 1. The van der Waals surface area contributed by atoms with Gasteiger partial charge < -0.3 is 28.8 Å². The highest BCUT2D eigenvalue weighted by Crippen LogP contribution is 2.20. The minimum atomic E-state index is -2.07. The first-order valence-electron chi connectivity index (χ1n) is 7.91. The summed E-state index contributed by atoms with van der Waals surface area (Å²) in [6, 6.07) is 0. The van der Waals surface area contributed by atoms with Gasteiger partial charge in [0.15, 0.2) is 18.3 Å². The number of ether oxygens (including phenoxy) is 5. The first-order valence-corrected chi connectivity index (χ1v) is 7.91. The quantitative estimate of drug-likeness (QED) is 0.276. The Labute approximate surface area is 160 Å². The van der Waals surface area contributed by atoms with E-state index >= 15 is 0 Å². The van der Waals surface area contributed by atoms with Gasteiger partial charge in [0.25, 0.3) is 0 Å². The average Bonchev–Trinajstić information content (AvgIpc) is 2.52. The molecular weight excluding hydrogens is 384 g/mol. The van der Waals surface area contributed by atoms with Crippen LogP contribution >= 0.6 is 0 Å². The van der Waals surface area contributed by atoms with Crippen LogP contribution in [0.15, 0.2) is 0 Å². The number of aliphatic hydroxyl groups excluding tert-OH is 1. The highest BCUT2D eigenvalue weighted by molar-refractivity contribution is 5.88. The standard InChI is InChI=1S/C16H22O12/c1-7(18)24-12(6-17)13(25-8(2)19)14(26-9(3)20)15(27-10(4)21)16(23)28-11(5)22/h12-15,17H,6H2,1-5H3/t12-,13-,14+,15-/m1/s1. The SMILES string of the molecule is CC(=O)OC(=O)[C@H](OC(C)=O)[C@@H](OC(C)=O)[C@H](OC(C)=O)[C@@H](CO)OC(C)=O. The van der Waals surface area contributed by atoms with E-state index < -0.39 is 66.8 Å². The molecule has 0 saturated heterocycles. The second kappa shape index (κ2) is 11.6. The molecule has 0 aliphatic rings. The lowest BCUT2D eigenvalue weighted by molar-refractivity contribution is -0.206. The van der Waals surface area contributed by atoms with Crippen molar-refractivity contribution in [1.29, 1.82) is 0 Å². The molecule has 0 spiro atoms. The minimum absolute atomic E-state index is 0.891. The Hall–Kier alpha value is -3.02. The van der Waals surface area contributed by atoms with Crippen LogP contribution in [0.3, 0.4) is 0 Å². The van der Waals surface area contributed by atoms with Gasteiger partial charge in [0.2, 0.25) is 6.10 Å². The Morgan fingerprint density at radius 2 is 1.07 bits per heavy atom. The lowest BCUT2D eigenvalue weighted by Gasteiger charge is -2.33. The number of aliphatic hydroxyl groups is 1. The van der Waals surface area contributed by atoms with Gasteiger partial charge in [0.1, 0.15) is 0 Å². The van der Waals surface area contributed by atoms with Crippen LogP contribution in [0.2, 0.25) is 0 Å². The Balaban J connectivity index is 6.23. The average molecular weight is 406 g/mol. The van der Waals surface area contributed by atoms with Crippen LogP contribution in [0.1, 0.15) is 34.6 Å². The van der Waals surface area contributed by atoms with Crippen LogP contribution in [0, 0.1) is 0 Å². The van der Waals surface area contributed by atoms with E-state index in [1.54, 1.807) is 0 Å². The zero-order chi connectivity index (χ0) is 22.0. The van der Waals surface area contributed by atoms with E-state index in [2.05, 4.69) is 4.74 Å². The molecule has 0 amide bonds.